The first kappa shape index (κ1) is 11.5. The highest BCUT2D eigenvalue weighted by molar-refractivity contribution is 5.62. The van der Waals surface area contributed by atoms with Crippen molar-refractivity contribution in [3.05, 3.63) is 41.7 Å². The standard InChI is InChI=1S/C11H11NO.C2H6/c1-8-9(2)13-12-11(8)10-6-4-3-5-7-10;1-2/h3-7H,1-2H3;1-2H3. The molecule has 0 saturated carbocycles. The third kappa shape index (κ3) is 2.46. The van der Waals surface area contributed by atoms with Gasteiger partial charge in [-0.25, -0.2) is 0 Å². The van der Waals surface area contributed by atoms with Crippen LogP contribution in [0.25, 0.3) is 11.3 Å². The van der Waals surface area contributed by atoms with E-state index in [1.54, 1.807) is 0 Å². The van der Waals surface area contributed by atoms with Crippen LogP contribution >= 0.6 is 0 Å². The molecule has 0 bridgehead atoms. The molecular weight excluding hydrogens is 186 g/mol. The lowest BCUT2D eigenvalue weighted by molar-refractivity contribution is 0.398. The van der Waals surface area contributed by atoms with Gasteiger partial charge in [0.1, 0.15) is 11.5 Å². The van der Waals surface area contributed by atoms with Crippen molar-refractivity contribution >= 4 is 0 Å². The van der Waals surface area contributed by atoms with Crippen LogP contribution in [0, 0.1) is 13.8 Å². The summed E-state index contributed by atoms with van der Waals surface area (Å²) in [5.41, 5.74) is 3.17. The Labute approximate surface area is 90.9 Å². The van der Waals surface area contributed by atoms with E-state index < -0.39 is 0 Å². The van der Waals surface area contributed by atoms with Crippen LogP contribution in [0.3, 0.4) is 0 Å². The molecule has 0 aliphatic heterocycles. The molecule has 0 aliphatic rings. The van der Waals surface area contributed by atoms with Gasteiger partial charge in [-0.3, -0.25) is 0 Å². The van der Waals surface area contributed by atoms with Crippen LogP contribution in [0.4, 0.5) is 0 Å². The zero-order chi connectivity index (χ0) is 11.3. The molecule has 0 atom stereocenters. The number of hydrogen-bond donors (Lipinski definition) is 0. The number of aryl methyl sites for hydroxylation is 1. The summed E-state index contributed by atoms with van der Waals surface area (Å²) >= 11 is 0. The van der Waals surface area contributed by atoms with E-state index in [-0.39, 0.29) is 0 Å². The summed E-state index contributed by atoms with van der Waals surface area (Å²) in [4.78, 5) is 0. The van der Waals surface area contributed by atoms with E-state index in [1.165, 1.54) is 0 Å². The van der Waals surface area contributed by atoms with Crippen LogP contribution in [0.1, 0.15) is 25.2 Å². The molecule has 2 nitrogen and oxygen atoms in total. The van der Waals surface area contributed by atoms with Gasteiger partial charge in [0.2, 0.25) is 0 Å². The van der Waals surface area contributed by atoms with Crippen molar-refractivity contribution < 1.29 is 4.52 Å². The average Bonchev–Trinajstić information content (AvgIpc) is 2.64. The number of nitrogens with zero attached hydrogens (tertiary/aromatic N) is 1. The second kappa shape index (κ2) is 5.35. The van der Waals surface area contributed by atoms with Gasteiger partial charge in [-0.15, -0.1) is 0 Å². The van der Waals surface area contributed by atoms with E-state index in [2.05, 4.69) is 5.16 Å². The molecule has 1 aromatic carbocycles. The van der Waals surface area contributed by atoms with Crippen molar-refractivity contribution in [2.45, 2.75) is 27.7 Å². The minimum absolute atomic E-state index is 0.888. The minimum atomic E-state index is 0.888. The fourth-order valence-corrected chi connectivity index (χ4v) is 1.28. The number of benzene rings is 1. The molecule has 0 saturated heterocycles. The van der Waals surface area contributed by atoms with E-state index in [9.17, 15) is 0 Å². The largest absolute Gasteiger partial charge is 0.361 e. The minimum Gasteiger partial charge on any atom is -0.361 e. The topological polar surface area (TPSA) is 26.0 Å². The van der Waals surface area contributed by atoms with Crippen molar-refractivity contribution in [3.8, 4) is 11.3 Å². The Morgan fingerprint density at radius 3 is 2.07 bits per heavy atom. The highest BCUT2D eigenvalue weighted by atomic mass is 16.5. The van der Waals surface area contributed by atoms with Crippen LogP contribution < -0.4 is 0 Å². The first-order valence-corrected chi connectivity index (χ1v) is 5.27. The van der Waals surface area contributed by atoms with Gasteiger partial charge in [-0.05, 0) is 13.8 Å². The quantitative estimate of drug-likeness (QED) is 0.700. The fraction of sp³-hybridized carbons (Fsp3) is 0.308. The van der Waals surface area contributed by atoms with E-state index in [4.69, 9.17) is 4.52 Å². The SMILES string of the molecule is CC.Cc1onc(-c2ccccc2)c1C. The summed E-state index contributed by atoms with van der Waals surface area (Å²) in [6.45, 7) is 7.95. The molecule has 0 spiro atoms. The zero-order valence-corrected chi connectivity index (χ0v) is 9.74. The molecule has 0 N–H and O–H groups in total. The van der Waals surface area contributed by atoms with Crippen LogP contribution in [0.2, 0.25) is 0 Å². The van der Waals surface area contributed by atoms with Gasteiger partial charge in [0.05, 0.1) is 0 Å². The van der Waals surface area contributed by atoms with Gasteiger partial charge in [-0.1, -0.05) is 49.3 Å². The molecule has 0 aliphatic carbocycles. The summed E-state index contributed by atoms with van der Waals surface area (Å²) < 4.78 is 5.10. The first-order valence-electron chi connectivity index (χ1n) is 5.27. The maximum absolute atomic E-state index is 5.10. The van der Waals surface area contributed by atoms with Gasteiger partial charge in [0, 0.05) is 11.1 Å². The number of hydrogen-bond acceptors (Lipinski definition) is 2. The Kier molecular flexibility index (Phi) is 4.10. The molecule has 1 aromatic heterocycles. The van der Waals surface area contributed by atoms with Gasteiger partial charge in [-0.2, -0.15) is 0 Å². The second-order valence-corrected chi connectivity index (χ2v) is 3.08. The number of rotatable bonds is 1. The van der Waals surface area contributed by atoms with E-state index in [1.807, 2.05) is 58.0 Å². The molecule has 0 unspecified atom stereocenters. The molecule has 2 rings (SSSR count). The maximum Gasteiger partial charge on any atom is 0.137 e. The first-order chi connectivity index (χ1) is 7.29. The molecule has 2 heteroatoms. The third-order valence-electron chi connectivity index (χ3n) is 2.20. The Hall–Kier alpha value is -1.57. The van der Waals surface area contributed by atoms with Crippen LogP contribution in [-0.2, 0) is 0 Å². The Balaban J connectivity index is 0.000000531. The van der Waals surface area contributed by atoms with Crippen molar-refractivity contribution in [2.24, 2.45) is 0 Å². The lowest BCUT2D eigenvalue weighted by Crippen LogP contribution is -1.79. The van der Waals surface area contributed by atoms with Gasteiger partial charge in [0.15, 0.2) is 0 Å². The summed E-state index contributed by atoms with van der Waals surface area (Å²) in [5.74, 6) is 0.888. The smallest absolute Gasteiger partial charge is 0.137 e. The van der Waals surface area contributed by atoms with Crippen LogP contribution in [-0.4, -0.2) is 5.16 Å². The maximum atomic E-state index is 5.10. The highest BCUT2D eigenvalue weighted by Gasteiger charge is 2.08. The normalized spacial score (nSPS) is 9.33. The predicted molar refractivity (Wildman–Crippen MR) is 62.8 cm³/mol. The van der Waals surface area contributed by atoms with Crippen molar-refractivity contribution in [2.75, 3.05) is 0 Å². The monoisotopic (exact) mass is 203 g/mol. The Morgan fingerprint density at radius 1 is 1.00 bits per heavy atom. The second-order valence-electron chi connectivity index (χ2n) is 3.08. The van der Waals surface area contributed by atoms with E-state index >= 15 is 0 Å². The Bertz CT molecular complexity index is 404. The molecule has 15 heavy (non-hydrogen) atoms. The Morgan fingerprint density at radius 2 is 1.60 bits per heavy atom. The molecule has 0 fully saturated rings. The van der Waals surface area contributed by atoms with E-state index in [0.29, 0.717) is 0 Å². The molecule has 2 aromatic rings. The molecule has 80 valence electrons. The average molecular weight is 203 g/mol. The zero-order valence-electron chi connectivity index (χ0n) is 9.74. The van der Waals surface area contributed by atoms with Gasteiger partial charge < -0.3 is 4.52 Å². The number of aromatic nitrogens is 1. The molecule has 1 heterocycles. The fourth-order valence-electron chi connectivity index (χ4n) is 1.28. The van der Waals surface area contributed by atoms with Crippen molar-refractivity contribution in [1.82, 2.24) is 5.16 Å². The summed E-state index contributed by atoms with van der Waals surface area (Å²) in [6, 6.07) is 10.1. The predicted octanol–water partition coefficient (Wildman–Crippen LogP) is 3.98. The van der Waals surface area contributed by atoms with Crippen molar-refractivity contribution in [3.63, 3.8) is 0 Å². The highest BCUT2D eigenvalue weighted by Crippen LogP contribution is 2.23. The van der Waals surface area contributed by atoms with Crippen LogP contribution in [0.5, 0.6) is 0 Å². The summed E-state index contributed by atoms with van der Waals surface area (Å²) in [5, 5.41) is 4.01. The molecular formula is C13H17NO. The summed E-state index contributed by atoms with van der Waals surface area (Å²) in [6.07, 6.45) is 0. The van der Waals surface area contributed by atoms with E-state index in [0.717, 1.165) is 22.6 Å². The van der Waals surface area contributed by atoms with Gasteiger partial charge >= 0.3 is 0 Å². The van der Waals surface area contributed by atoms with Gasteiger partial charge in [0.25, 0.3) is 0 Å². The molecule has 0 radical (unpaired) electrons. The van der Waals surface area contributed by atoms with Crippen molar-refractivity contribution in [1.29, 1.82) is 0 Å². The summed E-state index contributed by atoms with van der Waals surface area (Å²) in [7, 11) is 0. The third-order valence-corrected chi connectivity index (χ3v) is 2.20. The lowest BCUT2D eigenvalue weighted by atomic mass is 10.1. The molecule has 0 amide bonds. The van der Waals surface area contributed by atoms with Crippen LogP contribution in [0.15, 0.2) is 34.9 Å². The lowest BCUT2D eigenvalue weighted by Gasteiger charge is -1.95.